The molecular formula is C85H116N6O8. The fraction of sp³-hybridized carbons (Fsp3) is 0.529. The molecule has 8 N–H and O–H groups in total. The Hall–Kier alpha value is -7.36. The molecule has 0 radical (unpaired) electrons. The maximum Gasteiger partial charge on any atom is 0.225 e. The van der Waals surface area contributed by atoms with Gasteiger partial charge in [-0.05, 0) is 189 Å². The number of Topliss-reactive ketones (excluding diaryl/α,β-unsaturated/α-hetero) is 6. The average Bonchev–Trinajstić information content (AvgIpc) is 0.854. The van der Waals surface area contributed by atoms with E-state index in [-0.39, 0.29) is 120 Å². The SMILES string of the molecule is [2H]NCC(CCCCNCC(=O)C(C)c1ccc(CC(C)C)cc1)C(=O)NCC1CCC(C(=O)CC(Cc2ccc3ccccc3c2)C(C)=O)CC1.[2H]NCC(CNCC(=O)C(C)c1ccc(CC(C)C)cc1)C(=O)NCC1CCC(C(=O)CC(Cc2ccc3ccccc3c2)C(C)=O)CC1. The molecule has 14 nitrogen and oxygen atoms in total. The fourth-order valence-electron chi connectivity index (χ4n) is 14.3. The van der Waals surface area contributed by atoms with Crippen LogP contribution in [0.1, 0.15) is 184 Å². The summed E-state index contributed by atoms with van der Waals surface area (Å²) in [6.07, 6.45) is 12.6. The summed E-state index contributed by atoms with van der Waals surface area (Å²) < 4.78 is 15.0. The maximum atomic E-state index is 13.3. The van der Waals surface area contributed by atoms with Gasteiger partial charge in [-0.3, -0.25) is 38.4 Å². The van der Waals surface area contributed by atoms with E-state index in [1.165, 1.54) is 11.1 Å². The molecule has 0 aliphatic heterocycles. The van der Waals surface area contributed by atoms with Crippen molar-refractivity contribution in [3.8, 4) is 0 Å². The highest BCUT2D eigenvalue weighted by atomic mass is 16.2. The number of fused-ring (bicyclic) bond motifs is 2. The van der Waals surface area contributed by atoms with Crippen molar-refractivity contribution >= 4 is 68.1 Å². The van der Waals surface area contributed by atoms with Gasteiger partial charge in [-0.25, -0.2) is 0 Å². The Balaban J connectivity index is 0.000000284. The summed E-state index contributed by atoms with van der Waals surface area (Å²) in [6, 6.07) is 45.5. The molecule has 0 bridgehead atoms. The number of carbonyl (C=O) groups excluding carboxylic acids is 8. The van der Waals surface area contributed by atoms with Crippen molar-refractivity contribution in [1.82, 2.24) is 21.3 Å². The highest BCUT2D eigenvalue weighted by Gasteiger charge is 2.32. The van der Waals surface area contributed by atoms with E-state index in [1.807, 2.05) is 50.2 Å². The molecule has 8 rings (SSSR count). The zero-order chi connectivity index (χ0) is 72.8. The van der Waals surface area contributed by atoms with Crippen molar-refractivity contribution in [3.05, 3.63) is 167 Å². The summed E-state index contributed by atoms with van der Waals surface area (Å²) in [4.78, 5) is 103. The number of benzene rings is 6. The van der Waals surface area contributed by atoms with E-state index in [0.29, 0.717) is 76.3 Å². The molecule has 6 aromatic rings. The Labute approximate surface area is 593 Å². The number of nitrogens with two attached hydrogens (primary N) is 2. The number of amides is 2. The third-order valence-corrected chi connectivity index (χ3v) is 21.0. The number of nitrogens with one attached hydrogen (secondary N) is 4. The van der Waals surface area contributed by atoms with Gasteiger partial charge >= 0.3 is 0 Å². The second-order valence-electron chi connectivity index (χ2n) is 29.8. The molecule has 2 fully saturated rings. The van der Waals surface area contributed by atoms with Crippen LogP contribution in [-0.2, 0) is 64.0 Å². The van der Waals surface area contributed by atoms with E-state index < -0.39 is 5.92 Å². The Morgan fingerprint density at radius 2 is 0.838 bits per heavy atom. The lowest BCUT2D eigenvalue weighted by Gasteiger charge is -2.29. The fourth-order valence-corrected chi connectivity index (χ4v) is 14.3. The molecule has 0 spiro atoms. The summed E-state index contributed by atoms with van der Waals surface area (Å²) in [5.74, 6) is 0.409. The van der Waals surface area contributed by atoms with Gasteiger partial charge in [0.25, 0.3) is 0 Å². The quantitative estimate of drug-likeness (QED) is 0.0197. The smallest absolute Gasteiger partial charge is 0.225 e. The Kier molecular flexibility index (Phi) is 31.2. The van der Waals surface area contributed by atoms with E-state index in [9.17, 15) is 38.4 Å². The monoisotopic (exact) mass is 1350 g/mol. The lowest BCUT2D eigenvalue weighted by Crippen LogP contribution is -2.44. The largest absolute Gasteiger partial charge is 0.356 e. The molecule has 6 unspecified atom stereocenters. The average molecular weight is 1350 g/mol. The van der Waals surface area contributed by atoms with Crippen LogP contribution in [0.5, 0.6) is 0 Å². The van der Waals surface area contributed by atoms with Crippen molar-refractivity contribution in [2.75, 3.05) is 52.4 Å². The second kappa shape index (κ2) is 40.8. The number of hydrogen-bond donors (Lipinski definition) is 6. The Morgan fingerprint density at radius 1 is 0.444 bits per heavy atom. The van der Waals surface area contributed by atoms with E-state index in [1.54, 1.807) is 13.8 Å². The first-order valence-electron chi connectivity index (χ1n) is 38.1. The van der Waals surface area contributed by atoms with Gasteiger partial charge in [0, 0.05) is 81.1 Å². The molecule has 0 saturated heterocycles. The topological polar surface area (TPSA) is 237 Å². The van der Waals surface area contributed by atoms with Crippen LogP contribution in [0.4, 0.5) is 0 Å². The Bertz CT molecular complexity index is 3620. The first-order chi connectivity index (χ1) is 48.6. The van der Waals surface area contributed by atoms with Crippen LogP contribution in [0, 0.1) is 59.2 Å². The van der Waals surface area contributed by atoms with E-state index in [0.717, 1.165) is 121 Å². The third-order valence-electron chi connectivity index (χ3n) is 21.0. The highest BCUT2D eigenvalue weighted by molar-refractivity contribution is 5.91. The predicted molar refractivity (Wildman–Crippen MR) is 401 cm³/mol. The Morgan fingerprint density at radius 3 is 1.25 bits per heavy atom. The van der Waals surface area contributed by atoms with Crippen LogP contribution in [0.15, 0.2) is 133 Å². The highest BCUT2D eigenvalue weighted by Crippen LogP contribution is 2.34. The van der Waals surface area contributed by atoms with Crippen molar-refractivity contribution in [3.63, 3.8) is 0 Å². The molecule has 2 aliphatic carbocycles. The van der Waals surface area contributed by atoms with Gasteiger partial charge in [0.2, 0.25) is 11.8 Å². The van der Waals surface area contributed by atoms with E-state index in [4.69, 9.17) is 2.82 Å². The summed E-state index contributed by atoms with van der Waals surface area (Å²) in [6.45, 7) is 18.9. The lowest BCUT2D eigenvalue weighted by molar-refractivity contribution is -0.129. The second-order valence-corrected chi connectivity index (χ2v) is 29.8. The van der Waals surface area contributed by atoms with Crippen LogP contribution in [0.25, 0.3) is 21.5 Å². The first-order valence-corrected chi connectivity index (χ1v) is 37.1. The van der Waals surface area contributed by atoms with Crippen LogP contribution >= 0.6 is 0 Å². The van der Waals surface area contributed by atoms with Crippen LogP contribution in [0.3, 0.4) is 0 Å². The van der Waals surface area contributed by atoms with Gasteiger partial charge in [-0.1, -0.05) is 181 Å². The molecule has 0 heterocycles. The molecule has 2 amide bonds. The first kappa shape index (κ1) is 75.8. The molecule has 0 aromatic heterocycles. The standard InChI is InChI=1S/C44H61N3O4.C41H55N3O4/c1-30(2)23-33-12-17-36(18-13-33)31(3)43(50)29-46-22-8-7-11-40(27-45)44(51)47-28-34-14-20-38(21-15-34)42(49)26-41(32(4)48)25-35-16-19-37-9-5-6-10-39(37)24-35;1-27(2)19-30-9-14-33(15-10-30)28(3)40(47)26-43-25-38(23-42)41(48)44-24-31-11-17-35(18-12-31)39(46)22-37(29(4)45)21-32-13-16-34-7-5-6-8-36(34)20-32/h5-6,9-10,12-13,16-19,24,30-31,34,38,40-41,46H,7-8,11,14-15,20-23,25-29,45H2,1-4H3,(H,47,51);5-10,13-16,20,27-28,31,35,37-38,43H,11-12,17-19,21-26,42H2,1-4H3,(H,44,48)/i/hD2. The van der Waals surface area contributed by atoms with Crippen molar-refractivity contribution < 1.29 is 41.2 Å². The summed E-state index contributed by atoms with van der Waals surface area (Å²) in [7, 11) is 0. The zero-order valence-corrected chi connectivity index (χ0v) is 60.6. The van der Waals surface area contributed by atoms with Crippen LogP contribution < -0.4 is 32.7 Å². The van der Waals surface area contributed by atoms with Gasteiger partial charge in [0.1, 0.15) is 26.0 Å². The van der Waals surface area contributed by atoms with E-state index in [2.05, 4.69) is 157 Å². The summed E-state index contributed by atoms with van der Waals surface area (Å²) in [5, 5.41) is 17.2. The normalized spacial score (nSPS) is 18.4. The van der Waals surface area contributed by atoms with Crippen molar-refractivity contribution in [2.24, 2.45) is 70.6 Å². The minimum atomic E-state index is -0.486. The number of rotatable bonds is 41. The van der Waals surface area contributed by atoms with Crippen LogP contribution in [0.2, 0.25) is 2.82 Å². The molecule has 534 valence electrons. The molecule has 99 heavy (non-hydrogen) atoms. The van der Waals surface area contributed by atoms with Crippen molar-refractivity contribution in [1.29, 1.82) is 0 Å². The minimum Gasteiger partial charge on any atom is -0.356 e. The van der Waals surface area contributed by atoms with Crippen molar-refractivity contribution in [2.45, 2.75) is 176 Å². The molecule has 14 heteroatoms. The van der Waals surface area contributed by atoms with E-state index >= 15 is 0 Å². The zero-order valence-electron chi connectivity index (χ0n) is 62.6. The number of carbonyl (C=O) groups is 8. The predicted octanol–water partition coefficient (Wildman–Crippen LogP) is 13.6. The van der Waals surface area contributed by atoms with Gasteiger partial charge in [-0.15, -0.1) is 0 Å². The number of unbranched alkanes of at least 4 members (excludes halogenated alkanes) is 1. The minimum absolute atomic E-state index is 0.0288. The molecule has 2 aliphatic rings. The summed E-state index contributed by atoms with van der Waals surface area (Å²) >= 11 is 0. The van der Waals surface area contributed by atoms with Gasteiger partial charge in [0.15, 0.2) is 11.6 Å². The summed E-state index contributed by atoms with van der Waals surface area (Å²) in [5.41, 5.74) is 11.5. The lowest BCUT2D eigenvalue weighted by atomic mass is 9.77. The maximum absolute atomic E-state index is 13.3. The van der Waals surface area contributed by atoms with Crippen LogP contribution in [-0.4, -0.2) is 98.9 Å². The third kappa shape index (κ3) is 26.0. The van der Waals surface area contributed by atoms with Gasteiger partial charge in [0.05, 0.1) is 24.9 Å². The molecular weight excluding hydrogens is 1230 g/mol. The van der Waals surface area contributed by atoms with Gasteiger partial charge < -0.3 is 32.7 Å². The molecule has 6 atom stereocenters. The number of hydrogen-bond acceptors (Lipinski definition) is 12. The number of ketones is 6. The molecule has 6 aromatic carbocycles. The van der Waals surface area contributed by atoms with Gasteiger partial charge in [-0.2, -0.15) is 0 Å². The molecule has 2 saturated carbocycles.